The highest BCUT2D eigenvalue weighted by Crippen LogP contribution is 1.97. The van der Waals surface area contributed by atoms with Crippen LogP contribution in [-0.2, 0) is 0 Å². The zero-order valence-corrected chi connectivity index (χ0v) is 8.60. The fourth-order valence-electron chi connectivity index (χ4n) is 0.589. The predicted molar refractivity (Wildman–Crippen MR) is 54.4 cm³/mol. The van der Waals surface area contributed by atoms with Crippen molar-refractivity contribution in [1.82, 2.24) is 0 Å². The number of hydrogen-bond donors (Lipinski definition) is 0. The molecule has 10 heavy (non-hydrogen) atoms. The van der Waals surface area contributed by atoms with E-state index in [1.807, 2.05) is 36.4 Å². The summed E-state index contributed by atoms with van der Waals surface area (Å²) in [6.45, 7) is 3.63. The lowest BCUT2D eigenvalue weighted by atomic mass is 10.2. The summed E-state index contributed by atoms with van der Waals surface area (Å²) in [4.78, 5) is 0. The first-order valence-electron chi connectivity index (χ1n) is 2.75. The van der Waals surface area contributed by atoms with Crippen LogP contribution in [0.25, 0.3) is 6.08 Å². The summed E-state index contributed by atoms with van der Waals surface area (Å²) in [6.07, 6.45) is 1.83. The van der Waals surface area contributed by atoms with E-state index in [9.17, 15) is 0 Å². The van der Waals surface area contributed by atoms with E-state index in [1.165, 1.54) is 5.56 Å². The first-order valence-corrected chi connectivity index (χ1v) is 6.46. The van der Waals surface area contributed by atoms with Gasteiger partial charge in [0.1, 0.15) is 0 Å². The van der Waals surface area contributed by atoms with Crippen LogP contribution in [0.3, 0.4) is 0 Å². The Morgan fingerprint density at radius 3 is 1.90 bits per heavy atom. The van der Waals surface area contributed by atoms with E-state index < -0.39 is 0 Å². The van der Waals surface area contributed by atoms with Crippen molar-refractivity contribution >= 4 is 34.3 Å². The molecule has 0 bridgehead atoms. The van der Waals surface area contributed by atoms with Gasteiger partial charge in [-0.05, 0) is 5.56 Å². The molecule has 0 unspecified atom stereocenters. The molecule has 0 nitrogen and oxygen atoms in total. The molecule has 0 aliphatic heterocycles. The molecular weight excluding hydrogens is 256 g/mol. The number of rotatable bonds is 1. The maximum absolute atomic E-state index is 3.63. The third-order valence-electron chi connectivity index (χ3n) is 1.04. The molecule has 0 saturated carbocycles. The molecule has 1 rings (SSSR count). The molecule has 0 aromatic heterocycles. The van der Waals surface area contributed by atoms with Crippen LogP contribution >= 0.6 is 28.3 Å². The van der Waals surface area contributed by atoms with Gasteiger partial charge in [0.15, 0.2) is 0 Å². The van der Waals surface area contributed by atoms with Crippen LogP contribution < -0.4 is 0 Å². The van der Waals surface area contributed by atoms with Crippen molar-refractivity contribution in [2.75, 3.05) is 0 Å². The summed E-state index contributed by atoms with van der Waals surface area (Å²) in [5.74, 6) is 0. The molecule has 54 valence electrons. The average molecular weight is 264 g/mol. The number of hydrogen-bond acceptors (Lipinski definition) is 0. The monoisotopic (exact) mass is 262 g/mol. The molecule has 0 N–H and O–H groups in total. The molecule has 0 saturated heterocycles. The zero-order valence-electron chi connectivity index (χ0n) is 5.43. The van der Waals surface area contributed by atoms with E-state index in [0.29, 0.717) is 0 Å². The minimum atomic E-state index is 1.17. The van der Waals surface area contributed by atoms with Crippen molar-refractivity contribution in [3.63, 3.8) is 0 Å². The molecule has 0 heterocycles. The Balaban J connectivity index is 0.000000371. The number of benzene rings is 1. The molecule has 2 heteroatoms. The van der Waals surface area contributed by atoms with E-state index in [2.05, 4.69) is 34.8 Å². The lowest BCUT2D eigenvalue weighted by Gasteiger charge is -1.85. The van der Waals surface area contributed by atoms with Gasteiger partial charge in [-0.15, -0.1) is 0 Å². The van der Waals surface area contributed by atoms with Gasteiger partial charge in [-0.1, -0.05) is 43.0 Å². The van der Waals surface area contributed by atoms with Gasteiger partial charge in [-0.25, -0.2) is 0 Å². The third kappa shape index (κ3) is 3.85. The second kappa shape index (κ2) is 7.03. The quantitative estimate of drug-likeness (QED) is 0.718. The fourth-order valence-corrected chi connectivity index (χ4v) is 0.589. The van der Waals surface area contributed by atoms with Gasteiger partial charge in [0.05, 0.1) is 0 Å². The Kier molecular flexibility index (Phi) is 6.98. The van der Waals surface area contributed by atoms with Gasteiger partial charge in [0.25, 0.3) is 0 Å². The minimum Gasteiger partial charge on any atom is -0.0985 e. The van der Waals surface area contributed by atoms with Crippen LogP contribution in [0.15, 0.2) is 36.9 Å². The molecule has 0 aliphatic rings. The maximum Gasteiger partial charge on any atom is 0 e. The SMILES string of the molecule is BrBr.C=Cc1ccccc1. The average Bonchev–Trinajstić information content (AvgIpc) is 2.10. The highest BCUT2D eigenvalue weighted by atomic mass is 80.9. The molecule has 0 aliphatic carbocycles. The summed E-state index contributed by atoms with van der Waals surface area (Å²) in [7, 11) is 0. The normalized spacial score (nSPS) is 7.40. The van der Waals surface area contributed by atoms with Gasteiger partial charge < -0.3 is 0 Å². The van der Waals surface area contributed by atoms with E-state index in [-0.39, 0.29) is 0 Å². The van der Waals surface area contributed by atoms with Crippen molar-refractivity contribution in [1.29, 1.82) is 0 Å². The van der Waals surface area contributed by atoms with Crippen molar-refractivity contribution in [3.05, 3.63) is 42.5 Å². The molecule has 0 fully saturated rings. The van der Waals surface area contributed by atoms with E-state index >= 15 is 0 Å². The summed E-state index contributed by atoms with van der Waals surface area (Å²) >= 11 is 5.50. The Morgan fingerprint density at radius 1 is 1.10 bits per heavy atom. The summed E-state index contributed by atoms with van der Waals surface area (Å²) in [6, 6.07) is 10.0. The van der Waals surface area contributed by atoms with Gasteiger partial charge in [-0.3, -0.25) is 0 Å². The van der Waals surface area contributed by atoms with Gasteiger partial charge in [-0.2, -0.15) is 0 Å². The highest BCUT2D eigenvalue weighted by molar-refractivity contribution is 9.93. The van der Waals surface area contributed by atoms with Crippen molar-refractivity contribution < 1.29 is 0 Å². The van der Waals surface area contributed by atoms with E-state index in [0.717, 1.165) is 0 Å². The first-order chi connectivity index (χ1) is 4.93. The van der Waals surface area contributed by atoms with Crippen molar-refractivity contribution in [2.24, 2.45) is 0 Å². The van der Waals surface area contributed by atoms with E-state index in [1.54, 1.807) is 0 Å². The second-order valence-corrected chi connectivity index (χ2v) is 1.61. The minimum absolute atomic E-state index is 1.17. The lowest BCUT2D eigenvalue weighted by molar-refractivity contribution is 1.67. The van der Waals surface area contributed by atoms with Crippen LogP contribution in [0, 0.1) is 0 Å². The summed E-state index contributed by atoms with van der Waals surface area (Å²) < 4.78 is 0. The molecule has 0 spiro atoms. The topological polar surface area (TPSA) is 0 Å². The predicted octanol–water partition coefficient (Wildman–Crippen LogP) is 4.02. The van der Waals surface area contributed by atoms with Crippen LogP contribution in [0.5, 0.6) is 0 Å². The first kappa shape index (κ1) is 9.92. The Bertz CT molecular complexity index is 170. The molecule has 1 aromatic rings. The van der Waals surface area contributed by atoms with Crippen LogP contribution in [0.4, 0.5) is 0 Å². The smallest absolute Gasteiger partial charge is 0 e. The molecule has 0 radical (unpaired) electrons. The van der Waals surface area contributed by atoms with Gasteiger partial charge in [0, 0.05) is 28.3 Å². The fraction of sp³-hybridized carbons (Fsp3) is 0. The van der Waals surface area contributed by atoms with Crippen LogP contribution in [0.2, 0.25) is 0 Å². The van der Waals surface area contributed by atoms with E-state index in [4.69, 9.17) is 0 Å². The van der Waals surface area contributed by atoms with Crippen molar-refractivity contribution in [3.8, 4) is 0 Å². The third-order valence-corrected chi connectivity index (χ3v) is 1.04. The van der Waals surface area contributed by atoms with Crippen molar-refractivity contribution in [2.45, 2.75) is 0 Å². The Hall–Kier alpha value is -0.0800. The lowest BCUT2D eigenvalue weighted by Crippen LogP contribution is -1.63. The Morgan fingerprint density at radius 2 is 1.60 bits per heavy atom. The second-order valence-electron chi connectivity index (χ2n) is 1.61. The largest absolute Gasteiger partial charge is 0.0985 e. The molecule has 0 amide bonds. The molecular formula is C8H8Br2. The standard InChI is InChI=1S/C8H8.Br2/c1-2-8-6-4-3-5-7-8;1-2/h2-7H,1H2;. The van der Waals surface area contributed by atoms with Crippen LogP contribution in [0.1, 0.15) is 5.56 Å². The van der Waals surface area contributed by atoms with Crippen LogP contribution in [-0.4, -0.2) is 0 Å². The summed E-state index contributed by atoms with van der Waals surface area (Å²) in [5, 5.41) is 0. The summed E-state index contributed by atoms with van der Waals surface area (Å²) in [5.41, 5.74) is 1.17. The van der Waals surface area contributed by atoms with Gasteiger partial charge >= 0.3 is 0 Å². The van der Waals surface area contributed by atoms with Gasteiger partial charge in [0.2, 0.25) is 0 Å². The molecule has 1 aromatic carbocycles. The zero-order chi connectivity index (χ0) is 7.82. The maximum atomic E-state index is 3.63. The molecule has 0 atom stereocenters. The Labute approximate surface area is 76.8 Å². The highest BCUT2D eigenvalue weighted by Gasteiger charge is 1.75. The number of halogens is 2.